The van der Waals surface area contributed by atoms with Crippen molar-refractivity contribution in [2.24, 2.45) is 0 Å². The fraction of sp³-hybridized carbons (Fsp3) is 0.462. The first-order valence-electron chi connectivity index (χ1n) is 12.2. The van der Waals surface area contributed by atoms with Gasteiger partial charge in [0.15, 0.2) is 0 Å². The second kappa shape index (κ2) is 10.7. The Morgan fingerprint density at radius 2 is 1.88 bits per heavy atom. The van der Waals surface area contributed by atoms with Crippen LogP contribution in [0.3, 0.4) is 0 Å². The van der Waals surface area contributed by atoms with Crippen molar-refractivity contribution >= 4 is 22.8 Å². The largest absolute Gasteiger partial charge is 0.352 e. The van der Waals surface area contributed by atoms with E-state index in [0.717, 1.165) is 49.6 Å². The van der Waals surface area contributed by atoms with Gasteiger partial charge in [-0.3, -0.25) is 14.4 Å². The lowest BCUT2D eigenvalue weighted by Crippen LogP contribution is -2.37. The van der Waals surface area contributed by atoms with E-state index in [4.69, 9.17) is 0 Å². The van der Waals surface area contributed by atoms with Crippen molar-refractivity contribution in [3.8, 4) is 0 Å². The van der Waals surface area contributed by atoms with Gasteiger partial charge in [-0.1, -0.05) is 44.7 Å². The van der Waals surface area contributed by atoms with Crippen LogP contribution in [0.2, 0.25) is 0 Å². The maximum Gasteiger partial charge on any atom is 0.259 e. The van der Waals surface area contributed by atoms with E-state index >= 15 is 0 Å². The lowest BCUT2D eigenvalue weighted by molar-refractivity contribution is 0.0779. The number of nitrogens with one attached hydrogen (secondary N) is 2. The van der Waals surface area contributed by atoms with Gasteiger partial charge in [-0.15, -0.1) is 0 Å². The highest BCUT2D eigenvalue weighted by molar-refractivity contribution is 5.99. The highest BCUT2D eigenvalue weighted by atomic mass is 16.2. The summed E-state index contributed by atoms with van der Waals surface area (Å²) in [4.78, 5) is 48.7. The fourth-order valence-corrected chi connectivity index (χ4v) is 4.56. The summed E-state index contributed by atoms with van der Waals surface area (Å²) >= 11 is 0. The van der Waals surface area contributed by atoms with Crippen LogP contribution < -0.4 is 10.7 Å². The molecule has 8 heteroatoms. The van der Waals surface area contributed by atoms with E-state index in [-0.39, 0.29) is 23.7 Å². The van der Waals surface area contributed by atoms with E-state index in [2.05, 4.69) is 15.3 Å². The highest BCUT2D eigenvalue weighted by Crippen LogP contribution is 2.28. The first-order valence-corrected chi connectivity index (χ1v) is 12.2. The van der Waals surface area contributed by atoms with E-state index in [0.29, 0.717) is 12.4 Å². The van der Waals surface area contributed by atoms with Crippen LogP contribution in [-0.4, -0.2) is 44.8 Å². The topological polar surface area (TPSA) is 100 Å². The summed E-state index contributed by atoms with van der Waals surface area (Å²) in [7, 11) is 1.65. The third-order valence-electron chi connectivity index (χ3n) is 6.50. The molecule has 0 radical (unpaired) electrons. The van der Waals surface area contributed by atoms with Gasteiger partial charge in [0.25, 0.3) is 11.8 Å². The van der Waals surface area contributed by atoms with Crippen molar-refractivity contribution in [3.63, 3.8) is 0 Å². The molecule has 0 atom stereocenters. The Morgan fingerprint density at radius 3 is 2.62 bits per heavy atom. The van der Waals surface area contributed by atoms with Crippen molar-refractivity contribution < 1.29 is 9.59 Å². The smallest absolute Gasteiger partial charge is 0.259 e. The lowest BCUT2D eigenvalue weighted by atomic mass is 9.95. The molecule has 0 bridgehead atoms. The van der Waals surface area contributed by atoms with Crippen molar-refractivity contribution in [1.82, 2.24) is 24.8 Å². The van der Waals surface area contributed by atoms with Crippen LogP contribution in [0.4, 0.5) is 0 Å². The van der Waals surface area contributed by atoms with Gasteiger partial charge in [-0.05, 0) is 31.4 Å². The van der Waals surface area contributed by atoms with Crippen LogP contribution in [0.5, 0.6) is 0 Å². The number of rotatable bonds is 8. The molecule has 180 valence electrons. The summed E-state index contributed by atoms with van der Waals surface area (Å²) in [6.45, 7) is 2.77. The fourth-order valence-electron chi connectivity index (χ4n) is 4.56. The minimum absolute atomic E-state index is 0.0207. The van der Waals surface area contributed by atoms with E-state index in [1.165, 1.54) is 11.3 Å². The first-order chi connectivity index (χ1) is 16.5. The minimum atomic E-state index is -0.525. The number of unbranched alkanes of at least 4 members (excludes halogenated alkanes) is 1. The average molecular weight is 464 g/mol. The standard InChI is InChI=1S/C26H33N5O3/c1-3-4-14-27-25(33)19-15-31(18-10-6-5-7-11-18)16-20(24(19)32)26(34)30(2)17-23-28-21-12-8-9-13-22(21)29-23/h8-9,12-13,15-16,18H,3-7,10-11,14,17H2,1-2H3,(H,27,33)(H,28,29). The summed E-state index contributed by atoms with van der Waals surface area (Å²) in [5, 5.41) is 2.83. The molecule has 4 rings (SSSR count). The summed E-state index contributed by atoms with van der Waals surface area (Å²) in [5.41, 5.74) is 1.24. The number of aromatic nitrogens is 3. The molecule has 34 heavy (non-hydrogen) atoms. The molecule has 2 N–H and O–H groups in total. The normalized spacial score (nSPS) is 14.3. The molecule has 8 nitrogen and oxygen atoms in total. The van der Waals surface area contributed by atoms with E-state index in [1.54, 1.807) is 19.4 Å². The maximum absolute atomic E-state index is 13.4. The number of benzene rings is 1. The molecule has 0 spiro atoms. The monoisotopic (exact) mass is 463 g/mol. The average Bonchev–Trinajstić information content (AvgIpc) is 3.26. The Morgan fingerprint density at radius 1 is 1.15 bits per heavy atom. The zero-order valence-electron chi connectivity index (χ0n) is 20.0. The van der Waals surface area contributed by atoms with Gasteiger partial charge in [0.1, 0.15) is 17.0 Å². The van der Waals surface area contributed by atoms with Gasteiger partial charge in [-0.2, -0.15) is 0 Å². The molecule has 2 amide bonds. The third kappa shape index (κ3) is 5.21. The number of carbonyl (C=O) groups is 2. The molecular formula is C26H33N5O3. The number of amides is 2. The lowest BCUT2D eigenvalue weighted by Gasteiger charge is -2.26. The Hall–Kier alpha value is -3.42. The van der Waals surface area contributed by atoms with Crippen molar-refractivity contribution in [2.45, 2.75) is 64.5 Å². The Kier molecular flexibility index (Phi) is 7.45. The summed E-state index contributed by atoms with van der Waals surface area (Å²) in [6, 6.07) is 7.85. The van der Waals surface area contributed by atoms with Crippen LogP contribution in [0, 0.1) is 0 Å². The van der Waals surface area contributed by atoms with Gasteiger partial charge in [0, 0.05) is 32.0 Å². The zero-order chi connectivity index (χ0) is 24.1. The maximum atomic E-state index is 13.4. The van der Waals surface area contributed by atoms with E-state index in [1.807, 2.05) is 35.8 Å². The molecule has 2 aromatic heterocycles. The Balaban J connectivity index is 1.63. The zero-order valence-corrected chi connectivity index (χ0v) is 20.0. The number of carbonyl (C=O) groups excluding carboxylic acids is 2. The number of aromatic amines is 1. The number of para-hydroxylation sites is 2. The molecule has 0 unspecified atom stereocenters. The van der Waals surface area contributed by atoms with E-state index in [9.17, 15) is 14.4 Å². The first kappa shape index (κ1) is 23.7. The Bertz CT molecular complexity index is 1190. The summed E-state index contributed by atoms with van der Waals surface area (Å²) in [6.07, 6.45) is 10.4. The number of hydrogen-bond acceptors (Lipinski definition) is 4. The van der Waals surface area contributed by atoms with Crippen LogP contribution in [-0.2, 0) is 6.54 Å². The molecule has 0 aliphatic heterocycles. The molecule has 1 aromatic carbocycles. The highest BCUT2D eigenvalue weighted by Gasteiger charge is 2.25. The second-order valence-electron chi connectivity index (χ2n) is 9.13. The van der Waals surface area contributed by atoms with Crippen molar-refractivity contribution in [1.29, 1.82) is 0 Å². The predicted molar refractivity (Wildman–Crippen MR) is 132 cm³/mol. The predicted octanol–water partition coefficient (Wildman–Crippen LogP) is 4.03. The quantitative estimate of drug-likeness (QED) is 0.493. The molecule has 0 saturated heterocycles. The number of pyridine rings is 1. The summed E-state index contributed by atoms with van der Waals surface area (Å²) in [5.74, 6) is -0.200. The molecule has 3 aromatic rings. The van der Waals surface area contributed by atoms with Crippen molar-refractivity contribution in [3.05, 3.63) is 63.8 Å². The van der Waals surface area contributed by atoms with Gasteiger partial charge >= 0.3 is 0 Å². The molecule has 1 fully saturated rings. The number of hydrogen-bond donors (Lipinski definition) is 2. The molecule has 1 aliphatic rings. The number of fused-ring (bicyclic) bond motifs is 1. The van der Waals surface area contributed by atoms with Gasteiger partial charge in [0.05, 0.1) is 17.6 Å². The number of nitrogens with zero attached hydrogens (tertiary/aromatic N) is 3. The SMILES string of the molecule is CCCCNC(=O)c1cn(C2CCCCC2)cc(C(=O)N(C)Cc2nc3ccccc3[nH]2)c1=O. The second-order valence-corrected chi connectivity index (χ2v) is 9.13. The molecule has 2 heterocycles. The Labute approximate surface area is 199 Å². The van der Waals surface area contributed by atoms with Gasteiger partial charge in [-0.25, -0.2) is 4.98 Å². The summed E-state index contributed by atoms with van der Waals surface area (Å²) < 4.78 is 1.91. The van der Waals surface area contributed by atoms with Crippen LogP contribution in [0.15, 0.2) is 41.5 Å². The van der Waals surface area contributed by atoms with Crippen molar-refractivity contribution in [2.75, 3.05) is 13.6 Å². The van der Waals surface area contributed by atoms with Crippen LogP contribution in [0.1, 0.15) is 84.5 Å². The molecular weight excluding hydrogens is 430 g/mol. The molecule has 1 saturated carbocycles. The van der Waals surface area contributed by atoms with Crippen LogP contribution >= 0.6 is 0 Å². The third-order valence-corrected chi connectivity index (χ3v) is 6.50. The number of imidazole rings is 1. The van der Waals surface area contributed by atoms with Crippen LogP contribution in [0.25, 0.3) is 11.0 Å². The minimum Gasteiger partial charge on any atom is -0.352 e. The number of H-pyrrole nitrogens is 1. The van der Waals surface area contributed by atoms with Gasteiger partial charge in [0.2, 0.25) is 5.43 Å². The molecule has 1 aliphatic carbocycles. The van der Waals surface area contributed by atoms with E-state index < -0.39 is 17.2 Å². The van der Waals surface area contributed by atoms with Gasteiger partial charge < -0.3 is 19.8 Å².